The number of sulfone groups is 1. The van der Waals surface area contributed by atoms with Crippen LogP contribution in [0.25, 0.3) is 0 Å². The van der Waals surface area contributed by atoms with Gasteiger partial charge in [-0.25, -0.2) is 13.2 Å². The Morgan fingerprint density at radius 3 is 2.54 bits per heavy atom. The van der Waals surface area contributed by atoms with Crippen molar-refractivity contribution in [3.63, 3.8) is 0 Å². The van der Waals surface area contributed by atoms with E-state index < -0.39 is 15.4 Å². The van der Waals surface area contributed by atoms with E-state index in [9.17, 15) is 13.2 Å². The Bertz CT molecular complexity index is 541. The van der Waals surface area contributed by atoms with Crippen LogP contribution in [0.3, 0.4) is 0 Å². The number of hydrogen-bond acceptors (Lipinski definition) is 5. The maximum atomic E-state index is 12.2. The summed E-state index contributed by atoms with van der Waals surface area (Å²) in [6.45, 7) is 7.80. The molecule has 1 amide bonds. The molecule has 3 atom stereocenters. The highest BCUT2D eigenvalue weighted by Gasteiger charge is 2.35. The average molecular weight is 361 g/mol. The number of ether oxygens (including phenoxy) is 1. The molecule has 1 heterocycles. The van der Waals surface area contributed by atoms with Gasteiger partial charge in [0.2, 0.25) is 0 Å². The summed E-state index contributed by atoms with van der Waals surface area (Å²) in [4.78, 5) is 14.0. The summed E-state index contributed by atoms with van der Waals surface area (Å²) in [5, 5.41) is 3.20. The van der Waals surface area contributed by atoms with Crippen molar-refractivity contribution in [2.45, 2.75) is 69.8 Å². The lowest BCUT2D eigenvalue weighted by Crippen LogP contribution is -2.47. The molecule has 1 aliphatic heterocycles. The highest BCUT2D eigenvalue weighted by atomic mass is 32.2. The topological polar surface area (TPSA) is 75.7 Å². The van der Waals surface area contributed by atoms with Gasteiger partial charge in [0.05, 0.1) is 5.25 Å². The third-order valence-corrected chi connectivity index (χ3v) is 6.51. The molecule has 0 spiro atoms. The molecule has 140 valence electrons. The molecule has 2 fully saturated rings. The van der Waals surface area contributed by atoms with Crippen molar-refractivity contribution in [3.05, 3.63) is 0 Å². The lowest BCUT2D eigenvalue weighted by Gasteiger charge is -2.35. The smallest absolute Gasteiger partial charge is 0.410 e. The van der Waals surface area contributed by atoms with E-state index in [1.165, 1.54) is 6.26 Å². The fourth-order valence-corrected chi connectivity index (χ4v) is 5.14. The van der Waals surface area contributed by atoms with E-state index in [1.807, 2.05) is 20.8 Å². The van der Waals surface area contributed by atoms with Crippen molar-refractivity contribution in [1.29, 1.82) is 0 Å². The fourth-order valence-electron chi connectivity index (χ4n) is 3.71. The van der Waals surface area contributed by atoms with Crippen molar-refractivity contribution < 1.29 is 17.9 Å². The predicted octanol–water partition coefficient (Wildman–Crippen LogP) is 2.19. The monoisotopic (exact) mass is 360 g/mol. The Morgan fingerprint density at radius 2 is 1.92 bits per heavy atom. The van der Waals surface area contributed by atoms with Crippen molar-refractivity contribution >= 4 is 15.9 Å². The molecule has 1 saturated carbocycles. The maximum absolute atomic E-state index is 12.2. The van der Waals surface area contributed by atoms with Gasteiger partial charge in [-0.1, -0.05) is 6.42 Å². The Hall–Kier alpha value is -0.820. The summed E-state index contributed by atoms with van der Waals surface area (Å²) in [5.74, 6) is 0.354. The minimum absolute atomic E-state index is 0.0527. The lowest BCUT2D eigenvalue weighted by atomic mass is 9.98. The molecule has 24 heavy (non-hydrogen) atoms. The number of carbonyl (C=O) groups is 1. The average Bonchev–Trinajstić information content (AvgIpc) is 2.92. The third-order valence-electron chi connectivity index (χ3n) is 4.84. The molecule has 6 nitrogen and oxygen atoms in total. The predicted molar refractivity (Wildman–Crippen MR) is 94.8 cm³/mol. The second kappa shape index (κ2) is 7.60. The second-order valence-corrected chi connectivity index (χ2v) is 10.5. The van der Waals surface area contributed by atoms with Gasteiger partial charge in [-0.2, -0.15) is 0 Å². The van der Waals surface area contributed by atoms with E-state index in [4.69, 9.17) is 4.74 Å². The quantitative estimate of drug-likeness (QED) is 0.832. The van der Waals surface area contributed by atoms with Gasteiger partial charge in [-0.3, -0.25) is 0 Å². The molecular formula is C17H32N2O4S. The van der Waals surface area contributed by atoms with E-state index >= 15 is 0 Å². The van der Waals surface area contributed by atoms with E-state index in [1.54, 1.807) is 4.90 Å². The molecule has 7 heteroatoms. The van der Waals surface area contributed by atoms with E-state index in [2.05, 4.69) is 5.32 Å². The summed E-state index contributed by atoms with van der Waals surface area (Å²) in [5.41, 5.74) is -0.477. The number of nitrogens with one attached hydrogen (secondary N) is 1. The van der Waals surface area contributed by atoms with Crippen LogP contribution in [0.5, 0.6) is 0 Å². The second-order valence-electron chi connectivity index (χ2n) is 8.25. The summed E-state index contributed by atoms with van der Waals surface area (Å²) in [6, 6.07) is 0.0527. The molecule has 0 bridgehead atoms. The van der Waals surface area contributed by atoms with Gasteiger partial charge >= 0.3 is 6.09 Å². The fraction of sp³-hybridized carbons (Fsp3) is 0.941. The Morgan fingerprint density at radius 1 is 1.21 bits per heavy atom. The highest BCUT2D eigenvalue weighted by Crippen LogP contribution is 2.26. The molecule has 1 N–H and O–H groups in total. The van der Waals surface area contributed by atoms with Crippen LogP contribution in [-0.4, -0.2) is 62.2 Å². The Kier molecular flexibility index (Phi) is 6.18. The van der Waals surface area contributed by atoms with E-state index in [0.29, 0.717) is 12.5 Å². The highest BCUT2D eigenvalue weighted by molar-refractivity contribution is 7.91. The molecule has 0 aromatic carbocycles. The number of piperidine rings is 1. The Balaban J connectivity index is 1.84. The van der Waals surface area contributed by atoms with Crippen LogP contribution in [0.2, 0.25) is 0 Å². The lowest BCUT2D eigenvalue weighted by molar-refractivity contribution is 0.0165. The first kappa shape index (κ1) is 19.5. The van der Waals surface area contributed by atoms with Gasteiger partial charge in [0, 0.05) is 25.4 Å². The van der Waals surface area contributed by atoms with Gasteiger partial charge in [0.1, 0.15) is 5.60 Å². The molecular weight excluding hydrogens is 328 g/mol. The van der Waals surface area contributed by atoms with Crippen LogP contribution < -0.4 is 5.32 Å². The van der Waals surface area contributed by atoms with Crippen LogP contribution in [0.1, 0.15) is 52.9 Å². The van der Waals surface area contributed by atoms with E-state index in [0.717, 1.165) is 45.2 Å². The first-order valence-electron chi connectivity index (χ1n) is 8.96. The molecule has 2 rings (SSSR count). The van der Waals surface area contributed by atoms with Crippen molar-refractivity contribution in [3.8, 4) is 0 Å². The van der Waals surface area contributed by atoms with Crippen LogP contribution in [0, 0.1) is 5.92 Å². The Labute approximate surface area is 146 Å². The minimum atomic E-state index is -3.00. The van der Waals surface area contributed by atoms with Crippen LogP contribution >= 0.6 is 0 Å². The van der Waals surface area contributed by atoms with Gasteiger partial charge in [-0.15, -0.1) is 0 Å². The molecule has 0 radical (unpaired) electrons. The molecule has 0 aromatic rings. The van der Waals surface area contributed by atoms with Crippen molar-refractivity contribution in [2.75, 3.05) is 25.9 Å². The zero-order valence-electron chi connectivity index (χ0n) is 15.4. The summed E-state index contributed by atoms with van der Waals surface area (Å²) in [6.07, 6.45) is 5.74. The summed E-state index contributed by atoms with van der Waals surface area (Å²) in [7, 11) is -3.00. The molecule has 3 unspecified atom stereocenters. The number of likely N-dealkylation sites (tertiary alicyclic amines) is 1. The first-order valence-corrected chi connectivity index (χ1v) is 10.9. The molecule has 2 aliphatic rings. The third kappa shape index (κ3) is 5.62. The van der Waals surface area contributed by atoms with Gasteiger partial charge in [-0.05, 0) is 58.9 Å². The minimum Gasteiger partial charge on any atom is -0.444 e. The summed E-state index contributed by atoms with van der Waals surface area (Å²) < 4.78 is 29.2. The largest absolute Gasteiger partial charge is 0.444 e. The van der Waals surface area contributed by atoms with Crippen LogP contribution in [0.4, 0.5) is 4.79 Å². The number of carbonyl (C=O) groups excluding carboxylic acids is 1. The van der Waals surface area contributed by atoms with Crippen LogP contribution in [-0.2, 0) is 14.6 Å². The number of amides is 1. The zero-order chi connectivity index (χ0) is 18.0. The van der Waals surface area contributed by atoms with Crippen LogP contribution in [0.15, 0.2) is 0 Å². The number of rotatable bonds is 4. The first-order chi connectivity index (χ1) is 11.1. The summed E-state index contributed by atoms with van der Waals surface area (Å²) >= 11 is 0. The van der Waals surface area contributed by atoms with Gasteiger partial charge in [0.25, 0.3) is 0 Å². The SMILES string of the molecule is CC(C)(C)OC(=O)N1CCCC(CNC2CCCC2S(C)(=O)=O)C1. The van der Waals surface area contributed by atoms with Gasteiger partial charge < -0.3 is 15.0 Å². The maximum Gasteiger partial charge on any atom is 0.410 e. The van der Waals surface area contributed by atoms with E-state index in [-0.39, 0.29) is 17.4 Å². The molecule has 1 saturated heterocycles. The number of nitrogens with zero attached hydrogens (tertiary/aromatic N) is 1. The normalized spacial score (nSPS) is 28.8. The standard InChI is InChI=1S/C17H32N2O4S/c1-17(2,3)23-16(20)19-10-6-7-13(12-19)11-18-14-8-5-9-15(14)24(4,21)22/h13-15,18H,5-12H2,1-4H3. The van der Waals surface area contributed by atoms with Gasteiger partial charge in [0.15, 0.2) is 9.84 Å². The molecule has 0 aromatic heterocycles. The zero-order valence-corrected chi connectivity index (χ0v) is 16.2. The molecule has 1 aliphatic carbocycles. The van der Waals surface area contributed by atoms with Crippen molar-refractivity contribution in [2.24, 2.45) is 5.92 Å². The number of hydrogen-bond donors (Lipinski definition) is 1. The van der Waals surface area contributed by atoms with Crippen molar-refractivity contribution in [1.82, 2.24) is 10.2 Å².